The lowest BCUT2D eigenvalue weighted by Crippen LogP contribution is -2.43. The van der Waals surface area contributed by atoms with Crippen LogP contribution in [0.4, 0.5) is 0 Å². The van der Waals surface area contributed by atoms with Crippen molar-refractivity contribution < 1.29 is 14.3 Å². The second kappa shape index (κ2) is 10.6. The van der Waals surface area contributed by atoms with E-state index >= 15 is 0 Å². The van der Waals surface area contributed by atoms with Crippen LogP contribution in [0.25, 0.3) is 0 Å². The summed E-state index contributed by atoms with van der Waals surface area (Å²) >= 11 is 0. The molecule has 0 aromatic carbocycles. The molecular formula is C22H35N3O3. The van der Waals surface area contributed by atoms with E-state index in [9.17, 15) is 4.79 Å². The first-order valence-electron chi connectivity index (χ1n) is 11.0. The quantitative estimate of drug-likeness (QED) is 0.718. The molecule has 0 atom stereocenters. The minimum absolute atomic E-state index is 0.104. The lowest BCUT2D eigenvalue weighted by atomic mass is 9.79. The summed E-state index contributed by atoms with van der Waals surface area (Å²) in [5.74, 6) is 2.21. The van der Waals surface area contributed by atoms with Gasteiger partial charge in [0.1, 0.15) is 6.10 Å². The maximum absolute atomic E-state index is 12.7. The maximum Gasteiger partial charge on any atom is 0.278 e. The highest BCUT2D eigenvalue weighted by Crippen LogP contribution is 2.33. The number of unbranched alkanes of at least 4 members (excludes halogenated alkanes) is 1. The van der Waals surface area contributed by atoms with Crippen LogP contribution in [-0.2, 0) is 4.79 Å². The molecule has 1 aromatic heterocycles. The average Bonchev–Trinajstić information content (AvgIpc) is 2.74. The van der Waals surface area contributed by atoms with E-state index in [1.807, 2.05) is 0 Å². The normalized spacial score (nSPS) is 27.8. The maximum atomic E-state index is 12.7. The molecule has 1 heterocycles. The van der Waals surface area contributed by atoms with Gasteiger partial charge in [0.05, 0.1) is 7.11 Å². The number of hydrogen-bond donors (Lipinski definition) is 1. The summed E-state index contributed by atoms with van der Waals surface area (Å²) in [6.07, 6.45) is 15.5. The van der Waals surface area contributed by atoms with Crippen molar-refractivity contribution in [3.8, 4) is 11.8 Å². The van der Waals surface area contributed by atoms with Crippen LogP contribution in [0.5, 0.6) is 11.8 Å². The number of carbonyl (C=O) groups is 1. The zero-order chi connectivity index (χ0) is 19.8. The minimum Gasteiger partial charge on any atom is -0.477 e. The van der Waals surface area contributed by atoms with Gasteiger partial charge in [-0.05, 0) is 57.3 Å². The lowest BCUT2D eigenvalue weighted by molar-refractivity contribution is -0.127. The molecule has 0 bridgehead atoms. The van der Waals surface area contributed by atoms with Crippen molar-refractivity contribution in [3.05, 3.63) is 12.4 Å². The van der Waals surface area contributed by atoms with Gasteiger partial charge in [0.2, 0.25) is 5.91 Å². The van der Waals surface area contributed by atoms with Crippen molar-refractivity contribution in [1.29, 1.82) is 0 Å². The molecule has 0 radical (unpaired) electrons. The molecule has 0 unspecified atom stereocenters. The Labute approximate surface area is 168 Å². The Kier molecular flexibility index (Phi) is 7.92. The fourth-order valence-corrected chi connectivity index (χ4v) is 4.54. The van der Waals surface area contributed by atoms with Crippen LogP contribution in [-0.4, -0.2) is 35.1 Å². The molecule has 6 heteroatoms. The predicted octanol–water partition coefficient (Wildman–Crippen LogP) is 4.29. The lowest BCUT2D eigenvalue weighted by Gasteiger charge is -2.32. The fourth-order valence-electron chi connectivity index (χ4n) is 4.54. The zero-order valence-corrected chi connectivity index (χ0v) is 17.4. The van der Waals surface area contributed by atoms with Crippen molar-refractivity contribution in [2.24, 2.45) is 11.8 Å². The van der Waals surface area contributed by atoms with E-state index in [1.54, 1.807) is 19.5 Å². The third-order valence-corrected chi connectivity index (χ3v) is 6.31. The Morgan fingerprint density at radius 3 is 2.36 bits per heavy atom. The number of methoxy groups -OCH3 is 1. The second-order valence-corrected chi connectivity index (χ2v) is 8.33. The number of carbonyl (C=O) groups excluding carboxylic acids is 1. The van der Waals surface area contributed by atoms with Crippen molar-refractivity contribution in [1.82, 2.24) is 15.3 Å². The van der Waals surface area contributed by atoms with Gasteiger partial charge in [0.15, 0.2) is 0 Å². The van der Waals surface area contributed by atoms with E-state index in [2.05, 4.69) is 22.2 Å². The van der Waals surface area contributed by atoms with Gasteiger partial charge in [-0.2, -0.15) is 0 Å². The van der Waals surface area contributed by atoms with Crippen LogP contribution in [0.2, 0.25) is 0 Å². The van der Waals surface area contributed by atoms with Gasteiger partial charge >= 0.3 is 0 Å². The smallest absolute Gasteiger partial charge is 0.278 e. The summed E-state index contributed by atoms with van der Waals surface area (Å²) in [5.41, 5.74) is 0. The molecule has 2 aliphatic rings. The highest BCUT2D eigenvalue weighted by atomic mass is 16.5. The molecule has 0 saturated heterocycles. The molecule has 0 aliphatic heterocycles. The van der Waals surface area contributed by atoms with Crippen molar-refractivity contribution in [2.45, 2.75) is 89.7 Å². The first-order valence-corrected chi connectivity index (χ1v) is 11.0. The molecule has 1 N–H and O–H groups in total. The topological polar surface area (TPSA) is 73.3 Å². The highest BCUT2D eigenvalue weighted by molar-refractivity contribution is 5.79. The Hall–Kier alpha value is -1.85. The molecule has 6 nitrogen and oxygen atoms in total. The Balaban J connectivity index is 1.38. The number of ether oxygens (including phenoxy) is 2. The van der Waals surface area contributed by atoms with Crippen LogP contribution >= 0.6 is 0 Å². The number of amides is 1. The summed E-state index contributed by atoms with van der Waals surface area (Å²) in [4.78, 5) is 21.0. The van der Waals surface area contributed by atoms with E-state index in [4.69, 9.17) is 9.47 Å². The average molecular weight is 390 g/mol. The Morgan fingerprint density at radius 2 is 1.71 bits per heavy atom. The van der Waals surface area contributed by atoms with Crippen molar-refractivity contribution >= 4 is 5.91 Å². The number of nitrogens with one attached hydrogen (secondary N) is 1. The van der Waals surface area contributed by atoms with Gasteiger partial charge in [0.25, 0.3) is 11.8 Å². The Morgan fingerprint density at radius 1 is 1.04 bits per heavy atom. The molecule has 2 fully saturated rings. The number of nitrogens with zero attached hydrogens (tertiary/aromatic N) is 2. The molecule has 28 heavy (non-hydrogen) atoms. The number of aromatic nitrogens is 2. The molecule has 2 aliphatic carbocycles. The molecule has 2 saturated carbocycles. The van der Waals surface area contributed by atoms with E-state index in [1.165, 1.54) is 32.1 Å². The third kappa shape index (κ3) is 5.82. The zero-order valence-electron chi connectivity index (χ0n) is 17.4. The molecule has 1 amide bonds. The Bertz CT molecular complexity index is 609. The standard InChI is InChI=1S/C22H35N3O3/c1-3-4-5-16-6-8-17(9-7-16)20(26)25-18-10-12-19(13-11-18)28-22-21(27-2)23-14-15-24-22/h14-19H,3-13H2,1-2H3,(H,25,26). The first-order chi connectivity index (χ1) is 13.7. The molecular weight excluding hydrogens is 354 g/mol. The number of rotatable bonds is 8. The van der Waals surface area contributed by atoms with E-state index in [-0.39, 0.29) is 24.0 Å². The van der Waals surface area contributed by atoms with Gasteiger partial charge in [0, 0.05) is 24.4 Å². The van der Waals surface area contributed by atoms with Crippen LogP contribution in [0.3, 0.4) is 0 Å². The first kappa shape index (κ1) is 20.9. The van der Waals surface area contributed by atoms with E-state index in [0.717, 1.165) is 44.4 Å². The molecule has 0 spiro atoms. The highest BCUT2D eigenvalue weighted by Gasteiger charge is 2.29. The van der Waals surface area contributed by atoms with Crippen LogP contribution < -0.4 is 14.8 Å². The monoisotopic (exact) mass is 389 g/mol. The van der Waals surface area contributed by atoms with E-state index in [0.29, 0.717) is 11.8 Å². The fraction of sp³-hybridized carbons (Fsp3) is 0.773. The van der Waals surface area contributed by atoms with Gasteiger partial charge in [-0.1, -0.05) is 26.2 Å². The predicted molar refractivity (Wildman–Crippen MR) is 108 cm³/mol. The van der Waals surface area contributed by atoms with Crippen LogP contribution in [0.1, 0.15) is 77.6 Å². The van der Waals surface area contributed by atoms with Gasteiger partial charge in [-0.25, -0.2) is 9.97 Å². The van der Waals surface area contributed by atoms with Gasteiger partial charge in [-0.15, -0.1) is 0 Å². The van der Waals surface area contributed by atoms with Crippen LogP contribution in [0, 0.1) is 11.8 Å². The number of hydrogen-bond acceptors (Lipinski definition) is 5. The summed E-state index contributed by atoms with van der Waals surface area (Å²) in [5, 5.41) is 3.31. The summed E-state index contributed by atoms with van der Waals surface area (Å²) in [6, 6.07) is 0.272. The molecule has 1 aromatic rings. The SMILES string of the molecule is CCCCC1CCC(C(=O)NC2CCC(Oc3nccnc3OC)CC2)CC1. The van der Waals surface area contributed by atoms with Crippen molar-refractivity contribution in [3.63, 3.8) is 0 Å². The van der Waals surface area contributed by atoms with Gasteiger partial charge in [-0.3, -0.25) is 4.79 Å². The van der Waals surface area contributed by atoms with Crippen LogP contribution in [0.15, 0.2) is 12.4 Å². The third-order valence-electron chi connectivity index (χ3n) is 6.31. The van der Waals surface area contributed by atoms with Gasteiger partial charge < -0.3 is 14.8 Å². The molecule has 156 valence electrons. The summed E-state index contributed by atoms with van der Waals surface area (Å²) in [7, 11) is 1.57. The van der Waals surface area contributed by atoms with Crippen molar-refractivity contribution in [2.75, 3.05) is 7.11 Å². The largest absolute Gasteiger partial charge is 0.477 e. The van der Waals surface area contributed by atoms with E-state index < -0.39 is 0 Å². The summed E-state index contributed by atoms with van der Waals surface area (Å²) < 4.78 is 11.2. The summed E-state index contributed by atoms with van der Waals surface area (Å²) in [6.45, 7) is 2.25. The minimum atomic E-state index is 0.104. The second-order valence-electron chi connectivity index (χ2n) is 8.33. The molecule has 3 rings (SSSR count).